The van der Waals surface area contributed by atoms with Gasteiger partial charge in [0.05, 0.1) is 8.95 Å². The maximum absolute atomic E-state index is 12.0. The fourth-order valence-corrected chi connectivity index (χ4v) is 2.85. The van der Waals surface area contributed by atoms with Crippen molar-refractivity contribution < 1.29 is 18.3 Å². The lowest BCUT2D eigenvalue weighted by Gasteiger charge is -2.07. The predicted molar refractivity (Wildman–Crippen MR) is 55.4 cm³/mol. The summed E-state index contributed by atoms with van der Waals surface area (Å²) in [5.74, 6) is -0.114. The highest BCUT2D eigenvalue weighted by atomic mass is 79.9. The molecular weight excluding hydrogens is 349 g/mol. The summed E-state index contributed by atoms with van der Waals surface area (Å²) in [7, 11) is 0. The molecule has 14 heavy (non-hydrogen) atoms. The lowest BCUT2D eigenvalue weighted by atomic mass is 10.3. The molecular formula is C7H3Br2F3OS. The van der Waals surface area contributed by atoms with E-state index in [0.29, 0.717) is 0 Å². The number of rotatable bonds is 1. The van der Waals surface area contributed by atoms with Crippen LogP contribution in [-0.2, 0) is 0 Å². The molecule has 7 heteroatoms. The second kappa shape index (κ2) is 4.32. The quantitative estimate of drug-likeness (QED) is 0.750. The van der Waals surface area contributed by atoms with Crippen molar-refractivity contribution in [3.8, 4) is 5.75 Å². The summed E-state index contributed by atoms with van der Waals surface area (Å²) in [4.78, 5) is 0.00838. The van der Waals surface area contributed by atoms with Crippen LogP contribution in [0.15, 0.2) is 26.0 Å². The first kappa shape index (κ1) is 12.2. The number of hydrogen-bond acceptors (Lipinski definition) is 2. The maximum atomic E-state index is 12.0. The molecule has 78 valence electrons. The van der Waals surface area contributed by atoms with Gasteiger partial charge < -0.3 is 5.11 Å². The number of phenols is 1. The Morgan fingerprint density at radius 1 is 1.14 bits per heavy atom. The fraction of sp³-hybridized carbons (Fsp3) is 0.143. The molecule has 0 fully saturated rings. The maximum Gasteiger partial charge on any atom is 0.446 e. The van der Waals surface area contributed by atoms with E-state index in [4.69, 9.17) is 0 Å². The van der Waals surface area contributed by atoms with Crippen LogP contribution in [-0.4, -0.2) is 10.6 Å². The molecule has 1 aromatic rings. The summed E-state index contributed by atoms with van der Waals surface area (Å²) in [6, 6.07) is 2.41. The molecule has 1 N–H and O–H groups in total. The van der Waals surface area contributed by atoms with Gasteiger partial charge in [-0.3, -0.25) is 0 Å². The molecule has 1 rings (SSSR count). The standard InChI is InChI=1S/C7H3Br2F3OS/c8-4-1-3(14-7(10,11)12)2-5(9)6(4)13/h1-2,13H. The normalized spacial score (nSPS) is 11.8. The van der Waals surface area contributed by atoms with Crippen molar-refractivity contribution in [1.82, 2.24) is 0 Å². The van der Waals surface area contributed by atoms with Gasteiger partial charge >= 0.3 is 5.51 Å². The van der Waals surface area contributed by atoms with Gasteiger partial charge in [0, 0.05) is 4.90 Å². The molecule has 1 aromatic carbocycles. The second-order valence-electron chi connectivity index (χ2n) is 2.28. The van der Waals surface area contributed by atoms with Gasteiger partial charge in [-0.2, -0.15) is 13.2 Å². The van der Waals surface area contributed by atoms with E-state index in [-0.39, 0.29) is 31.4 Å². The van der Waals surface area contributed by atoms with Crippen LogP contribution in [0.1, 0.15) is 0 Å². The van der Waals surface area contributed by atoms with Crippen LogP contribution in [0.3, 0.4) is 0 Å². The van der Waals surface area contributed by atoms with Crippen molar-refractivity contribution in [3.63, 3.8) is 0 Å². The first-order valence-electron chi connectivity index (χ1n) is 3.23. The van der Waals surface area contributed by atoms with E-state index in [0.717, 1.165) is 0 Å². The van der Waals surface area contributed by atoms with Gasteiger partial charge in [0.1, 0.15) is 5.75 Å². The first-order chi connectivity index (χ1) is 6.29. The van der Waals surface area contributed by atoms with Crippen LogP contribution in [0.4, 0.5) is 13.2 Å². The number of benzene rings is 1. The number of phenolic OH excluding ortho intramolecular Hbond substituents is 1. The number of hydrogen-bond donors (Lipinski definition) is 1. The van der Waals surface area contributed by atoms with Crippen LogP contribution in [0.25, 0.3) is 0 Å². The Kier molecular flexibility index (Phi) is 3.76. The highest BCUT2D eigenvalue weighted by Gasteiger charge is 2.29. The van der Waals surface area contributed by atoms with Crippen LogP contribution in [0.5, 0.6) is 5.75 Å². The number of thioether (sulfide) groups is 1. The third-order valence-electron chi connectivity index (χ3n) is 1.22. The molecule has 0 aliphatic heterocycles. The number of halogens is 5. The largest absolute Gasteiger partial charge is 0.506 e. The van der Waals surface area contributed by atoms with E-state index in [9.17, 15) is 18.3 Å². The molecule has 0 aliphatic rings. The summed E-state index contributed by atoms with van der Waals surface area (Å²) in [6.07, 6.45) is 0. The van der Waals surface area contributed by atoms with Gasteiger partial charge in [0.15, 0.2) is 0 Å². The molecule has 0 atom stereocenters. The highest BCUT2D eigenvalue weighted by Crippen LogP contribution is 2.42. The van der Waals surface area contributed by atoms with E-state index in [1.165, 1.54) is 12.1 Å². The summed E-state index contributed by atoms with van der Waals surface area (Å²) >= 11 is 5.65. The molecule has 0 saturated carbocycles. The highest BCUT2D eigenvalue weighted by molar-refractivity contribution is 9.11. The molecule has 0 amide bonds. The predicted octanol–water partition coefficient (Wildman–Crippen LogP) is 4.53. The summed E-state index contributed by atoms with van der Waals surface area (Å²) < 4.78 is 36.4. The summed E-state index contributed by atoms with van der Waals surface area (Å²) in [5, 5.41) is 9.24. The van der Waals surface area contributed by atoms with Gasteiger partial charge in [-0.1, -0.05) is 0 Å². The van der Waals surface area contributed by atoms with Crippen molar-refractivity contribution in [1.29, 1.82) is 0 Å². The first-order valence-corrected chi connectivity index (χ1v) is 5.63. The fourth-order valence-electron chi connectivity index (χ4n) is 0.735. The molecule has 1 nitrogen and oxygen atoms in total. The van der Waals surface area contributed by atoms with Crippen molar-refractivity contribution in [2.75, 3.05) is 0 Å². The molecule has 0 spiro atoms. The molecule has 0 radical (unpaired) electrons. The molecule has 0 unspecified atom stereocenters. The minimum Gasteiger partial charge on any atom is -0.506 e. The monoisotopic (exact) mass is 350 g/mol. The van der Waals surface area contributed by atoms with E-state index in [2.05, 4.69) is 31.9 Å². The van der Waals surface area contributed by atoms with Crippen LogP contribution >= 0.6 is 43.6 Å². The van der Waals surface area contributed by atoms with Crippen LogP contribution < -0.4 is 0 Å². The molecule has 0 heterocycles. The molecule has 0 bridgehead atoms. The third-order valence-corrected chi connectivity index (χ3v) is 3.14. The Bertz CT molecular complexity index is 330. The molecule has 0 aliphatic carbocycles. The summed E-state index contributed by atoms with van der Waals surface area (Å²) in [6.45, 7) is 0. The zero-order valence-electron chi connectivity index (χ0n) is 6.40. The van der Waals surface area contributed by atoms with Crippen LogP contribution in [0.2, 0.25) is 0 Å². The zero-order valence-corrected chi connectivity index (χ0v) is 10.4. The Morgan fingerprint density at radius 2 is 1.57 bits per heavy atom. The molecule has 0 aromatic heterocycles. The van der Waals surface area contributed by atoms with E-state index < -0.39 is 5.51 Å². The number of aromatic hydroxyl groups is 1. The average molecular weight is 352 g/mol. The van der Waals surface area contributed by atoms with Gasteiger partial charge in [-0.05, 0) is 55.8 Å². The molecule has 0 saturated heterocycles. The van der Waals surface area contributed by atoms with Gasteiger partial charge in [0.25, 0.3) is 0 Å². The van der Waals surface area contributed by atoms with Crippen molar-refractivity contribution in [2.24, 2.45) is 0 Å². The van der Waals surface area contributed by atoms with E-state index >= 15 is 0 Å². The minimum atomic E-state index is -4.32. The Morgan fingerprint density at radius 3 is 1.93 bits per heavy atom. The van der Waals surface area contributed by atoms with Crippen molar-refractivity contribution in [3.05, 3.63) is 21.1 Å². The van der Waals surface area contributed by atoms with Gasteiger partial charge in [-0.15, -0.1) is 0 Å². The number of alkyl halides is 3. The topological polar surface area (TPSA) is 20.2 Å². The Balaban J connectivity index is 3.02. The third kappa shape index (κ3) is 3.36. The lowest BCUT2D eigenvalue weighted by Crippen LogP contribution is -1.98. The van der Waals surface area contributed by atoms with E-state index in [1.807, 2.05) is 0 Å². The second-order valence-corrected chi connectivity index (χ2v) is 5.13. The van der Waals surface area contributed by atoms with E-state index in [1.54, 1.807) is 0 Å². The zero-order chi connectivity index (χ0) is 10.9. The SMILES string of the molecule is Oc1c(Br)cc(SC(F)(F)F)cc1Br. The smallest absolute Gasteiger partial charge is 0.446 e. The van der Waals surface area contributed by atoms with Crippen molar-refractivity contribution in [2.45, 2.75) is 10.4 Å². The van der Waals surface area contributed by atoms with Crippen molar-refractivity contribution >= 4 is 43.6 Å². The summed E-state index contributed by atoms with van der Waals surface area (Å²) in [5.41, 5.74) is -4.32. The Hall–Kier alpha value is 0.120. The Labute approximate surface area is 98.9 Å². The minimum absolute atomic E-state index is 0.00838. The van der Waals surface area contributed by atoms with Crippen LogP contribution in [0, 0.1) is 0 Å². The van der Waals surface area contributed by atoms with Gasteiger partial charge in [-0.25, -0.2) is 0 Å². The average Bonchev–Trinajstić information content (AvgIpc) is 1.96. The lowest BCUT2D eigenvalue weighted by molar-refractivity contribution is -0.0328. The van der Waals surface area contributed by atoms with Gasteiger partial charge in [0.2, 0.25) is 0 Å².